The summed E-state index contributed by atoms with van der Waals surface area (Å²) >= 11 is 2.60. The van der Waals surface area contributed by atoms with Crippen LogP contribution >= 0.6 is 23.1 Å². The molecule has 0 unspecified atom stereocenters. The maximum atomic E-state index is 12.7. The van der Waals surface area contributed by atoms with E-state index in [9.17, 15) is 9.59 Å². The third-order valence-electron chi connectivity index (χ3n) is 3.72. The van der Waals surface area contributed by atoms with Crippen LogP contribution in [0.5, 0.6) is 0 Å². The van der Waals surface area contributed by atoms with Crippen LogP contribution in [0, 0.1) is 0 Å². The van der Waals surface area contributed by atoms with Crippen molar-refractivity contribution in [2.24, 2.45) is 0 Å². The maximum Gasteiger partial charge on any atom is 0.341 e. The van der Waals surface area contributed by atoms with E-state index in [-0.39, 0.29) is 12.5 Å². The van der Waals surface area contributed by atoms with Crippen molar-refractivity contribution in [1.82, 2.24) is 9.97 Å². The first-order valence-corrected chi connectivity index (χ1v) is 10.4. The average molecular weight is 414 g/mol. The summed E-state index contributed by atoms with van der Waals surface area (Å²) in [5.74, 6) is -0.688. The number of nitrogens with one attached hydrogen (secondary N) is 1. The predicted octanol–water partition coefficient (Wildman–Crippen LogP) is 4.50. The van der Waals surface area contributed by atoms with Gasteiger partial charge >= 0.3 is 5.97 Å². The lowest BCUT2D eigenvalue weighted by Crippen LogP contribution is -2.23. The van der Waals surface area contributed by atoms with E-state index < -0.39 is 11.2 Å². The molecule has 1 aromatic carbocycles. The highest BCUT2D eigenvalue weighted by Crippen LogP contribution is 2.36. The molecular weight excluding hydrogens is 394 g/mol. The van der Waals surface area contributed by atoms with Crippen LogP contribution in [-0.2, 0) is 9.53 Å². The van der Waals surface area contributed by atoms with Crippen LogP contribution < -0.4 is 5.32 Å². The van der Waals surface area contributed by atoms with E-state index in [0.717, 1.165) is 10.4 Å². The lowest BCUT2D eigenvalue weighted by atomic mass is 10.1. The number of esters is 1. The number of benzene rings is 1. The Balaban J connectivity index is 1.82. The first-order valence-electron chi connectivity index (χ1n) is 8.69. The van der Waals surface area contributed by atoms with Crippen molar-refractivity contribution in [3.05, 3.63) is 60.4 Å². The summed E-state index contributed by atoms with van der Waals surface area (Å²) < 4.78 is 5.15. The lowest BCUT2D eigenvalue weighted by molar-refractivity contribution is -0.115. The summed E-state index contributed by atoms with van der Waals surface area (Å²) in [4.78, 5) is 34.1. The van der Waals surface area contributed by atoms with Gasteiger partial charge in [0.05, 0.1) is 17.4 Å². The molecule has 0 aliphatic carbocycles. The molecule has 8 heteroatoms. The predicted molar refractivity (Wildman–Crippen MR) is 112 cm³/mol. The molecule has 0 aliphatic rings. The minimum absolute atomic E-state index is 0.232. The molecule has 28 heavy (non-hydrogen) atoms. The summed E-state index contributed by atoms with van der Waals surface area (Å²) in [6.45, 7) is 3.78. The van der Waals surface area contributed by atoms with Crippen molar-refractivity contribution >= 4 is 40.0 Å². The van der Waals surface area contributed by atoms with E-state index in [1.165, 1.54) is 23.1 Å². The van der Waals surface area contributed by atoms with Crippen molar-refractivity contribution in [2.45, 2.75) is 24.3 Å². The molecule has 144 valence electrons. The van der Waals surface area contributed by atoms with Crippen molar-refractivity contribution in [1.29, 1.82) is 0 Å². The van der Waals surface area contributed by atoms with Gasteiger partial charge in [0.2, 0.25) is 5.91 Å². The summed E-state index contributed by atoms with van der Waals surface area (Å²) in [6, 6.07) is 13.2. The Bertz CT molecular complexity index is 946. The van der Waals surface area contributed by atoms with Gasteiger partial charge in [-0.15, -0.1) is 11.3 Å². The zero-order valence-corrected chi connectivity index (χ0v) is 17.0. The van der Waals surface area contributed by atoms with Gasteiger partial charge in [-0.1, -0.05) is 42.1 Å². The molecule has 2 heterocycles. The molecule has 0 fully saturated rings. The van der Waals surface area contributed by atoms with Gasteiger partial charge in [0.25, 0.3) is 0 Å². The quantitative estimate of drug-likeness (QED) is 0.349. The van der Waals surface area contributed by atoms with E-state index in [0.29, 0.717) is 15.7 Å². The second-order valence-electron chi connectivity index (χ2n) is 5.72. The van der Waals surface area contributed by atoms with E-state index in [2.05, 4.69) is 15.3 Å². The zero-order chi connectivity index (χ0) is 19.9. The molecule has 0 saturated heterocycles. The Hall–Kier alpha value is -2.71. The number of carbonyl (C=O) groups is 2. The highest BCUT2D eigenvalue weighted by atomic mass is 32.2. The molecule has 0 bridgehead atoms. The molecule has 6 nitrogen and oxygen atoms in total. The fourth-order valence-corrected chi connectivity index (χ4v) is 4.14. The van der Waals surface area contributed by atoms with Gasteiger partial charge in [-0.2, -0.15) is 0 Å². The van der Waals surface area contributed by atoms with Crippen molar-refractivity contribution < 1.29 is 14.3 Å². The molecule has 0 saturated carbocycles. The number of nitrogens with zero attached hydrogens (tertiary/aromatic N) is 2. The van der Waals surface area contributed by atoms with E-state index in [1.54, 1.807) is 38.4 Å². The highest BCUT2D eigenvalue weighted by molar-refractivity contribution is 8.00. The summed E-state index contributed by atoms with van der Waals surface area (Å²) in [7, 11) is 0. The molecule has 0 aliphatic heterocycles. The van der Waals surface area contributed by atoms with Crippen LogP contribution in [-0.4, -0.2) is 33.7 Å². The normalized spacial score (nSPS) is 11.6. The van der Waals surface area contributed by atoms with Crippen LogP contribution in [0.15, 0.2) is 60.0 Å². The second kappa shape index (κ2) is 9.48. The molecular formula is C20H19N3O3S2. The van der Waals surface area contributed by atoms with Crippen LogP contribution in [0.1, 0.15) is 24.2 Å². The second-order valence-corrected chi connectivity index (χ2v) is 8.08. The largest absolute Gasteiger partial charge is 0.462 e. The number of thioether (sulfide) groups is 1. The van der Waals surface area contributed by atoms with Crippen molar-refractivity contribution in [2.75, 3.05) is 11.9 Å². The molecule has 3 aromatic rings. The lowest BCUT2D eigenvalue weighted by Gasteiger charge is -2.11. The molecule has 2 aromatic heterocycles. The fourth-order valence-electron chi connectivity index (χ4n) is 2.36. The average Bonchev–Trinajstić information content (AvgIpc) is 3.13. The van der Waals surface area contributed by atoms with Crippen molar-refractivity contribution in [3.8, 4) is 10.4 Å². The SMILES string of the molecule is CCOC(=O)c1cc(-c2ccccc2)sc1NC(=O)[C@@H](C)Sc1ncccn1. The number of carbonyl (C=O) groups excluding carboxylic acids is 2. The Kier molecular flexibility index (Phi) is 6.78. The number of thiophene rings is 1. The number of aromatic nitrogens is 2. The van der Waals surface area contributed by atoms with Gasteiger partial charge in [-0.05, 0) is 31.5 Å². The summed E-state index contributed by atoms with van der Waals surface area (Å²) in [6.07, 6.45) is 3.26. The molecule has 0 spiro atoms. The summed E-state index contributed by atoms with van der Waals surface area (Å²) in [5.41, 5.74) is 1.32. The van der Waals surface area contributed by atoms with Crippen LogP contribution in [0.2, 0.25) is 0 Å². The van der Waals surface area contributed by atoms with Crippen LogP contribution in [0.25, 0.3) is 10.4 Å². The number of ether oxygens (including phenoxy) is 1. The van der Waals surface area contributed by atoms with E-state index in [1.807, 2.05) is 30.3 Å². The third-order valence-corrected chi connectivity index (χ3v) is 5.80. The minimum Gasteiger partial charge on any atom is -0.462 e. The van der Waals surface area contributed by atoms with Crippen LogP contribution in [0.3, 0.4) is 0 Å². The van der Waals surface area contributed by atoms with Crippen LogP contribution in [0.4, 0.5) is 5.00 Å². The first-order chi connectivity index (χ1) is 13.6. The molecule has 1 N–H and O–H groups in total. The Morgan fingerprint density at radius 2 is 1.89 bits per heavy atom. The Morgan fingerprint density at radius 1 is 1.18 bits per heavy atom. The standard InChI is InChI=1S/C20H19N3O3S2/c1-3-26-19(25)15-12-16(14-8-5-4-6-9-14)28-18(15)23-17(24)13(2)27-20-21-10-7-11-22-20/h4-13H,3H2,1-2H3,(H,23,24)/t13-/m1/s1. The smallest absolute Gasteiger partial charge is 0.341 e. The Labute approximate surface area is 171 Å². The first kappa shape index (κ1) is 20.0. The molecule has 1 atom stereocenters. The third kappa shape index (κ3) is 4.96. The zero-order valence-electron chi connectivity index (χ0n) is 15.4. The Morgan fingerprint density at radius 3 is 2.57 bits per heavy atom. The topological polar surface area (TPSA) is 81.2 Å². The van der Waals surface area contributed by atoms with E-state index >= 15 is 0 Å². The molecule has 1 amide bonds. The number of hydrogen-bond donors (Lipinski definition) is 1. The maximum absolute atomic E-state index is 12.7. The van der Waals surface area contributed by atoms with Gasteiger partial charge in [0.15, 0.2) is 5.16 Å². The van der Waals surface area contributed by atoms with Gasteiger partial charge in [-0.3, -0.25) is 4.79 Å². The van der Waals surface area contributed by atoms with Crippen molar-refractivity contribution in [3.63, 3.8) is 0 Å². The minimum atomic E-state index is -0.456. The number of hydrogen-bond acceptors (Lipinski definition) is 7. The van der Waals surface area contributed by atoms with Gasteiger partial charge in [-0.25, -0.2) is 14.8 Å². The molecule has 3 rings (SSSR count). The monoisotopic (exact) mass is 413 g/mol. The highest BCUT2D eigenvalue weighted by Gasteiger charge is 2.22. The van der Waals surface area contributed by atoms with Gasteiger partial charge < -0.3 is 10.1 Å². The molecule has 0 radical (unpaired) electrons. The van der Waals surface area contributed by atoms with Gasteiger partial charge in [0, 0.05) is 17.3 Å². The number of anilines is 1. The fraction of sp³-hybridized carbons (Fsp3) is 0.200. The van der Waals surface area contributed by atoms with E-state index in [4.69, 9.17) is 4.74 Å². The van der Waals surface area contributed by atoms with Gasteiger partial charge in [0.1, 0.15) is 5.00 Å². The number of amides is 1. The number of rotatable bonds is 7. The summed E-state index contributed by atoms with van der Waals surface area (Å²) in [5, 5.41) is 3.43.